The molecule has 1 atom stereocenters. The summed E-state index contributed by atoms with van der Waals surface area (Å²) in [7, 11) is 0. The van der Waals surface area contributed by atoms with Crippen LogP contribution in [0.2, 0.25) is 0 Å². The highest BCUT2D eigenvalue weighted by atomic mass is 16.2. The molecule has 0 bridgehead atoms. The topological polar surface area (TPSA) is 47.3 Å². The molecule has 0 unspecified atom stereocenters. The fraction of sp³-hybridized carbons (Fsp3) is 0.867. The molecule has 19 heavy (non-hydrogen) atoms. The molecule has 108 valence electrons. The summed E-state index contributed by atoms with van der Waals surface area (Å²) in [6.45, 7) is 8.62. The maximum atomic E-state index is 12.0. The minimum absolute atomic E-state index is 0.0674. The van der Waals surface area contributed by atoms with Crippen LogP contribution >= 0.6 is 0 Å². The summed E-state index contributed by atoms with van der Waals surface area (Å²) in [5.74, 6) is 0.377. The zero-order valence-electron chi connectivity index (χ0n) is 12.4. The minimum atomic E-state index is 0.0674. The number of carbonyl (C=O) groups excluding carboxylic acids is 1. The molecular weight excluding hydrogens is 238 g/mol. The lowest BCUT2D eigenvalue weighted by Gasteiger charge is -2.27. The second-order valence-electron chi connectivity index (χ2n) is 5.47. The van der Waals surface area contributed by atoms with Gasteiger partial charge < -0.3 is 9.80 Å². The van der Waals surface area contributed by atoms with E-state index in [2.05, 4.69) is 17.9 Å². The second-order valence-corrected chi connectivity index (χ2v) is 5.47. The standard InChI is InChI=1S/C15H27N3O/c1-3-17(13-14(2)12-16)9-7-8-15(19)18-10-5-4-6-11-18/h14H,3-11,13H2,1-2H3/t14-/m0/s1. The van der Waals surface area contributed by atoms with Crippen molar-refractivity contribution in [2.75, 3.05) is 32.7 Å². The summed E-state index contributed by atoms with van der Waals surface area (Å²) < 4.78 is 0. The molecule has 1 fully saturated rings. The monoisotopic (exact) mass is 265 g/mol. The summed E-state index contributed by atoms with van der Waals surface area (Å²) in [4.78, 5) is 16.3. The largest absolute Gasteiger partial charge is 0.343 e. The number of amides is 1. The summed E-state index contributed by atoms with van der Waals surface area (Å²) in [6.07, 6.45) is 5.14. The Kier molecular flexibility index (Phi) is 7.50. The first-order chi connectivity index (χ1) is 9.17. The number of likely N-dealkylation sites (tertiary alicyclic amines) is 1. The van der Waals surface area contributed by atoms with Gasteiger partial charge in [-0.15, -0.1) is 0 Å². The molecule has 1 saturated heterocycles. The minimum Gasteiger partial charge on any atom is -0.343 e. The van der Waals surface area contributed by atoms with Crippen LogP contribution < -0.4 is 0 Å². The van der Waals surface area contributed by atoms with Crippen LogP contribution in [-0.4, -0.2) is 48.4 Å². The molecule has 4 nitrogen and oxygen atoms in total. The molecule has 0 aromatic carbocycles. The molecule has 1 rings (SSSR count). The van der Waals surface area contributed by atoms with Crippen LogP contribution in [0.5, 0.6) is 0 Å². The molecule has 4 heteroatoms. The summed E-state index contributed by atoms with van der Waals surface area (Å²) in [5.41, 5.74) is 0. The number of piperidine rings is 1. The highest BCUT2D eigenvalue weighted by Gasteiger charge is 2.16. The van der Waals surface area contributed by atoms with Gasteiger partial charge in [-0.25, -0.2) is 0 Å². The van der Waals surface area contributed by atoms with Crippen molar-refractivity contribution in [2.24, 2.45) is 5.92 Å². The van der Waals surface area contributed by atoms with Gasteiger partial charge in [0, 0.05) is 26.1 Å². The molecule has 0 saturated carbocycles. The van der Waals surface area contributed by atoms with Crippen molar-refractivity contribution < 1.29 is 4.79 Å². The molecule has 0 aromatic rings. The van der Waals surface area contributed by atoms with Gasteiger partial charge in [0.15, 0.2) is 0 Å². The number of rotatable bonds is 7. The Morgan fingerprint density at radius 3 is 2.63 bits per heavy atom. The molecule has 0 radical (unpaired) electrons. The van der Waals surface area contributed by atoms with Crippen LogP contribution in [0.4, 0.5) is 0 Å². The SMILES string of the molecule is CCN(CCCC(=O)N1CCCCC1)C[C@@H](C)C#N. The average Bonchev–Trinajstić information content (AvgIpc) is 2.46. The molecule has 1 amide bonds. The molecule has 1 aliphatic heterocycles. The van der Waals surface area contributed by atoms with Crippen LogP contribution in [0.25, 0.3) is 0 Å². The van der Waals surface area contributed by atoms with Crippen molar-refractivity contribution in [3.63, 3.8) is 0 Å². The molecule has 0 N–H and O–H groups in total. The Morgan fingerprint density at radius 2 is 2.05 bits per heavy atom. The third-order valence-electron chi connectivity index (χ3n) is 3.77. The van der Waals surface area contributed by atoms with Crippen molar-refractivity contribution in [3.05, 3.63) is 0 Å². The van der Waals surface area contributed by atoms with Crippen molar-refractivity contribution in [2.45, 2.75) is 46.0 Å². The molecule has 1 aliphatic rings. The number of carbonyl (C=O) groups is 1. The first-order valence-corrected chi connectivity index (χ1v) is 7.57. The number of hydrogen-bond donors (Lipinski definition) is 0. The van der Waals surface area contributed by atoms with Gasteiger partial charge >= 0.3 is 0 Å². The Bertz CT molecular complexity index is 305. The molecular formula is C15H27N3O. The lowest BCUT2D eigenvalue weighted by atomic mass is 10.1. The van der Waals surface area contributed by atoms with Crippen molar-refractivity contribution >= 4 is 5.91 Å². The van der Waals surface area contributed by atoms with Gasteiger partial charge in [-0.3, -0.25) is 4.79 Å². The summed E-state index contributed by atoms with van der Waals surface area (Å²) in [6, 6.07) is 2.26. The number of nitriles is 1. The predicted molar refractivity (Wildman–Crippen MR) is 76.6 cm³/mol. The van der Waals surface area contributed by atoms with E-state index in [1.54, 1.807) is 0 Å². The van der Waals surface area contributed by atoms with Crippen LogP contribution in [0.1, 0.15) is 46.0 Å². The van der Waals surface area contributed by atoms with Gasteiger partial charge in [0.25, 0.3) is 0 Å². The molecule has 1 heterocycles. The van der Waals surface area contributed by atoms with Gasteiger partial charge in [-0.2, -0.15) is 5.26 Å². The Labute approximate surface area is 117 Å². The quantitative estimate of drug-likeness (QED) is 0.709. The van der Waals surface area contributed by atoms with Gasteiger partial charge in [0.2, 0.25) is 5.91 Å². The fourth-order valence-corrected chi connectivity index (χ4v) is 2.56. The Hall–Kier alpha value is -1.08. The van der Waals surface area contributed by atoms with E-state index < -0.39 is 0 Å². The Morgan fingerprint density at radius 1 is 1.37 bits per heavy atom. The zero-order valence-corrected chi connectivity index (χ0v) is 12.4. The fourth-order valence-electron chi connectivity index (χ4n) is 2.56. The van der Waals surface area contributed by atoms with E-state index in [4.69, 9.17) is 5.26 Å². The Balaban J connectivity index is 2.20. The third kappa shape index (κ3) is 6.07. The maximum absolute atomic E-state index is 12.0. The second kappa shape index (κ2) is 8.92. The maximum Gasteiger partial charge on any atom is 0.222 e. The highest BCUT2D eigenvalue weighted by molar-refractivity contribution is 5.76. The van der Waals surface area contributed by atoms with Crippen LogP contribution in [-0.2, 0) is 4.79 Å². The van der Waals surface area contributed by atoms with E-state index in [1.165, 1.54) is 6.42 Å². The van der Waals surface area contributed by atoms with Crippen LogP contribution in [0, 0.1) is 17.2 Å². The van der Waals surface area contributed by atoms with Crippen molar-refractivity contribution in [1.82, 2.24) is 9.80 Å². The third-order valence-corrected chi connectivity index (χ3v) is 3.77. The van der Waals surface area contributed by atoms with E-state index in [0.29, 0.717) is 12.3 Å². The zero-order chi connectivity index (χ0) is 14.1. The predicted octanol–water partition coefficient (Wildman–Crippen LogP) is 2.26. The van der Waals surface area contributed by atoms with Crippen LogP contribution in [0.15, 0.2) is 0 Å². The van der Waals surface area contributed by atoms with Gasteiger partial charge in [-0.05, 0) is 45.7 Å². The smallest absolute Gasteiger partial charge is 0.222 e. The van der Waals surface area contributed by atoms with E-state index >= 15 is 0 Å². The van der Waals surface area contributed by atoms with E-state index in [1.807, 2.05) is 11.8 Å². The van der Waals surface area contributed by atoms with E-state index in [9.17, 15) is 4.79 Å². The van der Waals surface area contributed by atoms with Gasteiger partial charge in [0.1, 0.15) is 0 Å². The first kappa shape index (κ1) is 16.0. The lowest BCUT2D eigenvalue weighted by Crippen LogP contribution is -2.36. The summed E-state index contributed by atoms with van der Waals surface area (Å²) >= 11 is 0. The lowest BCUT2D eigenvalue weighted by molar-refractivity contribution is -0.132. The van der Waals surface area contributed by atoms with Gasteiger partial charge in [-0.1, -0.05) is 6.92 Å². The van der Waals surface area contributed by atoms with Crippen molar-refractivity contribution in [3.8, 4) is 6.07 Å². The highest BCUT2D eigenvalue weighted by Crippen LogP contribution is 2.11. The van der Waals surface area contributed by atoms with E-state index in [-0.39, 0.29) is 5.92 Å². The molecule has 0 spiro atoms. The number of hydrogen-bond acceptors (Lipinski definition) is 3. The van der Waals surface area contributed by atoms with Crippen LogP contribution in [0.3, 0.4) is 0 Å². The summed E-state index contributed by atoms with van der Waals surface area (Å²) in [5, 5.41) is 8.83. The normalized spacial score (nSPS) is 17.3. The first-order valence-electron chi connectivity index (χ1n) is 7.57. The molecule has 0 aromatic heterocycles. The number of nitrogens with zero attached hydrogens (tertiary/aromatic N) is 3. The van der Waals surface area contributed by atoms with E-state index in [0.717, 1.165) is 52.0 Å². The molecule has 0 aliphatic carbocycles. The van der Waals surface area contributed by atoms with Gasteiger partial charge in [0.05, 0.1) is 12.0 Å². The average molecular weight is 265 g/mol. The van der Waals surface area contributed by atoms with Crippen molar-refractivity contribution in [1.29, 1.82) is 5.26 Å².